The number of hydrogen-bond donors (Lipinski definition) is 1. The van der Waals surface area contributed by atoms with Gasteiger partial charge in [0.2, 0.25) is 0 Å². The number of benzene rings is 1. The Morgan fingerprint density at radius 3 is 2.83 bits per heavy atom. The molecule has 1 aromatic rings. The number of halogens is 2. The van der Waals surface area contributed by atoms with Crippen molar-refractivity contribution in [3.63, 3.8) is 0 Å². The van der Waals surface area contributed by atoms with E-state index in [9.17, 15) is 14.0 Å². The molecule has 0 radical (unpaired) electrons. The molecular weight excluding hydrogens is 305 g/mol. The van der Waals surface area contributed by atoms with E-state index in [1.54, 1.807) is 0 Å². The van der Waals surface area contributed by atoms with Gasteiger partial charge in [0.15, 0.2) is 0 Å². The van der Waals surface area contributed by atoms with Crippen molar-refractivity contribution in [2.24, 2.45) is 0 Å². The Labute approximate surface area is 112 Å². The molecule has 2 rings (SSSR count). The molecule has 0 unspecified atom stereocenters. The second kappa shape index (κ2) is 5.06. The Morgan fingerprint density at radius 1 is 1.44 bits per heavy atom. The van der Waals surface area contributed by atoms with Gasteiger partial charge in [-0.05, 0) is 31.0 Å². The average Bonchev–Trinajstić information content (AvgIpc) is 2.80. The van der Waals surface area contributed by atoms with Gasteiger partial charge in [-0.15, -0.1) is 0 Å². The summed E-state index contributed by atoms with van der Waals surface area (Å²) >= 11 is 3.16. The largest absolute Gasteiger partial charge is 0.480 e. The number of likely N-dealkylation sites (tertiary alicyclic amines) is 1. The lowest BCUT2D eigenvalue weighted by Gasteiger charge is -2.21. The van der Waals surface area contributed by atoms with Gasteiger partial charge in [-0.25, -0.2) is 9.18 Å². The standard InChI is InChI=1S/C12H11BrFNO3/c13-7-3-4-9(14)8(6-7)11(16)15-5-1-2-10(15)12(17)18/h3-4,6,10H,1-2,5H2,(H,17,18)/t10-/m1/s1. The van der Waals surface area contributed by atoms with E-state index in [0.29, 0.717) is 23.9 Å². The van der Waals surface area contributed by atoms with Crippen LogP contribution in [0.3, 0.4) is 0 Å². The number of carboxylic acid groups (broad SMARTS) is 1. The number of carbonyl (C=O) groups excluding carboxylic acids is 1. The van der Waals surface area contributed by atoms with Crippen molar-refractivity contribution < 1.29 is 19.1 Å². The van der Waals surface area contributed by atoms with Crippen LogP contribution in [0.2, 0.25) is 0 Å². The van der Waals surface area contributed by atoms with Crippen LogP contribution in [0.15, 0.2) is 22.7 Å². The molecule has 0 bridgehead atoms. The van der Waals surface area contributed by atoms with Gasteiger partial charge in [0.05, 0.1) is 5.56 Å². The molecule has 96 valence electrons. The zero-order chi connectivity index (χ0) is 13.3. The third-order valence-corrected chi connectivity index (χ3v) is 3.45. The third kappa shape index (κ3) is 2.38. The highest BCUT2D eigenvalue weighted by Crippen LogP contribution is 2.23. The van der Waals surface area contributed by atoms with Gasteiger partial charge in [-0.3, -0.25) is 4.79 Å². The van der Waals surface area contributed by atoms with Crippen LogP contribution in [-0.4, -0.2) is 34.5 Å². The first-order chi connectivity index (χ1) is 8.50. The molecule has 1 amide bonds. The lowest BCUT2D eigenvalue weighted by atomic mass is 10.1. The van der Waals surface area contributed by atoms with E-state index in [2.05, 4.69) is 15.9 Å². The zero-order valence-electron chi connectivity index (χ0n) is 9.40. The van der Waals surface area contributed by atoms with E-state index >= 15 is 0 Å². The minimum atomic E-state index is -1.05. The third-order valence-electron chi connectivity index (χ3n) is 2.96. The topological polar surface area (TPSA) is 57.6 Å². The van der Waals surface area contributed by atoms with Crippen molar-refractivity contribution in [2.45, 2.75) is 18.9 Å². The summed E-state index contributed by atoms with van der Waals surface area (Å²) < 4.78 is 14.2. The minimum Gasteiger partial charge on any atom is -0.480 e. The summed E-state index contributed by atoms with van der Waals surface area (Å²) in [5, 5.41) is 9.01. The van der Waals surface area contributed by atoms with Crippen molar-refractivity contribution in [3.05, 3.63) is 34.1 Å². The molecule has 1 atom stereocenters. The van der Waals surface area contributed by atoms with Crippen molar-refractivity contribution in [3.8, 4) is 0 Å². The van der Waals surface area contributed by atoms with E-state index in [4.69, 9.17) is 5.11 Å². The molecule has 0 saturated carbocycles. The lowest BCUT2D eigenvalue weighted by Crippen LogP contribution is -2.40. The monoisotopic (exact) mass is 315 g/mol. The average molecular weight is 316 g/mol. The first-order valence-electron chi connectivity index (χ1n) is 5.49. The summed E-state index contributed by atoms with van der Waals surface area (Å²) in [5.41, 5.74) is -0.0995. The highest BCUT2D eigenvalue weighted by Gasteiger charge is 2.35. The first kappa shape index (κ1) is 13.0. The Morgan fingerprint density at radius 2 is 2.17 bits per heavy atom. The maximum absolute atomic E-state index is 13.6. The Bertz CT molecular complexity index is 506. The van der Waals surface area contributed by atoms with Crippen LogP contribution >= 0.6 is 15.9 Å². The van der Waals surface area contributed by atoms with Crippen LogP contribution in [-0.2, 0) is 4.79 Å². The molecule has 18 heavy (non-hydrogen) atoms. The fourth-order valence-electron chi connectivity index (χ4n) is 2.08. The summed E-state index contributed by atoms with van der Waals surface area (Å²) in [4.78, 5) is 24.4. The molecule has 1 heterocycles. The lowest BCUT2D eigenvalue weighted by molar-refractivity contribution is -0.141. The Balaban J connectivity index is 2.31. The van der Waals surface area contributed by atoms with E-state index in [-0.39, 0.29) is 5.56 Å². The Kier molecular flexibility index (Phi) is 3.65. The highest BCUT2D eigenvalue weighted by atomic mass is 79.9. The molecule has 0 spiro atoms. The Hall–Kier alpha value is -1.43. The summed E-state index contributed by atoms with van der Waals surface area (Å²) in [6, 6.07) is 3.19. The van der Waals surface area contributed by atoms with E-state index in [1.165, 1.54) is 23.1 Å². The van der Waals surface area contributed by atoms with Crippen LogP contribution in [0.4, 0.5) is 4.39 Å². The summed E-state index contributed by atoms with van der Waals surface area (Å²) in [5.74, 6) is -2.26. The van der Waals surface area contributed by atoms with Crippen LogP contribution in [0.5, 0.6) is 0 Å². The molecule has 1 aromatic carbocycles. The molecule has 1 aliphatic rings. The van der Waals surface area contributed by atoms with Gasteiger partial charge in [0.25, 0.3) is 5.91 Å². The van der Waals surface area contributed by atoms with Gasteiger partial charge in [-0.2, -0.15) is 0 Å². The molecular formula is C12H11BrFNO3. The smallest absolute Gasteiger partial charge is 0.326 e. The molecule has 4 nitrogen and oxygen atoms in total. The van der Waals surface area contributed by atoms with Crippen molar-refractivity contribution in [1.29, 1.82) is 0 Å². The van der Waals surface area contributed by atoms with E-state index in [1.807, 2.05) is 0 Å². The molecule has 1 N–H and O–H groups in total. The molecule has 6 heteroatoms. The number of aliphatic carboxylic acids is 1. The number of carbonyl (C=O) groups is 2. The van der Waals surface area contributed by atoms with Crippen molar-refractivity contribution in [1.82, 2.24) is 4.90 Å². The number of rotatable bonds is 2. The predicted molar refractivity (Wildman–Crippen MR) is 65.8 cm³/mol. The molecule has 0 aliphatic carbocycles. The van der Waals surface area contributed by atoms with E-state index in [0.717, 1.165) is 0 Å². The quantitative estimate of drug-likeness (QED) is 0.911. The van der Waals surface area contributed by atoms with Crippen LogP contribution in [0.1, 0.15) is 23.2 Å². The van der Waals surface area contributed by atoms with Crippen LogP contribution < -0.4 is 0 Å². The fourth-order valence-corrected chi connectivity index (χ4v) is 2.44. The normalized spacial score (nSPS) is 19.0. The number of nitrogens with zero attached hydrogens (tertiary/aromatic N) is 1. The summed E-state index contributed by atoms with van der Waals surface area (Å²) in [7, 11) is 0. The second-order valence-electron chi connectivity index (χ2n) is 4.12. The maximum Gasteiger partial charge on any atom is 0.326 e. The van der Waals surface area contributed by atoms with Crippen LogP contribution in [0, 0.1) is 5.82 Å². The number of hydrogen-bond acceptors (Lipinski definition) is 2. The van der Waals surface area contributed by atoms with Gasteiger partial charge >= 0.3 is 5.97 Å². The van der Waals surface area contributed by atoms with Gasteiger partial charge in [0, 0.05) is 11.0 Å². The van der Waals surface area contributed by atoms with Gasteiger partial charge in [0.1, 0.15) is 11.9 Å². The maximum atomic E-state index is 13.6. The molecule has 1 aliphatic heterocycles. The number of carboxylic acids is 1. The SMILES string of the molecule is O=C(O)[C@H]1CCCN1C(=O)c1cc(Br)ccc1F. The summed E-state index contributed by atoms with van der Waals surface area (Å²) in [6.45, 7) is 0.349. The minimum absolute atomic E-state index is 0.0995. The fraction of sp³-hybridized carbons (Fsp3) is 0.333. The van der Waals surface area contributed by atoms with Crippen molar-refractivity contribution in [2.75, 3.05) is 6.54 Å². The second-order valence-corrected chi connectivity index (χ2v) is 5.03. The molecule has 1 saturated heterocycles. The first-order valence-corrected chi connectivity index (χ1v) is 6.29. The van der Waals surface area contributed by atoms with Gasteiger partial charge < -0.3 is 10.0 Å². The highest BCUT2D eigenvalue weighted by molar-refractivity contribution is 9.10. The van der Waals surface area contributed by atoms with E-state index < -0.39 is 23.7 Å². The molecule has 1 fully saturated rings. The number of amides is 1. The zero-order valence-corrected chi connectivity index (χ0v) is 11.0. The van der Waals surface area contributed by atoms with Gasteiger partial charge in [-0.1, -0.05) is 15.9 Å². The predicted octanol–water partition coefficient (Wildman–Crippen LogP) is 2.28. The summed E-state index contributed by atoms with van der Waals surface area (Å²) in [6.07, 6.45) is 1.04. The van der Waals surface area contributed by atoms with Crippen LogP contribution in [0.25, 0.3) is 0 Å². The van der Waals surface area contributed by atoms with Crippen molar-refractivity contribution >= 4 is 27.8 Å². The molecule has 0 aromatic heterocycles.